The van der Waals surface area contributed by atoms with E-state index in [1.807, 2.05) is 6.07 Å². The Morgan fingerprint density at radius 1 is 0.793 bits per heavy atom. The standard InChI is InChI=1S/C26H24N2S/c1-3-4-5-6-20-7-9-21(10-8-20)11-12-22-13-14-23(17-19(22)2)24-15-16-25-26(18-24)28-29-27-25/h7-10,13-18H,3-6H2,1-2H3. The predicted octanol–water partition coefficient (Wildman–Crippen LogP) is 6.80. The number of fused-ring (bicyclic) bond motifs is 1. The molecule has 0 saturated heterocycles. The average molecular weight is 397 g/mol. The first-order valence-corrected chi connectivity index (χ1v) is 10.9. The van der Waals surface area contributed by atoms with E-state index in [0.29, 0.717) is 0 Å². The van der Waals surface area contributed by atoms with Crippen LogP contribution in [0, 0.1) is 18.8 Å². The summed E-state index contributed by atoms with van der Waals surface area (Å²) in [4.78, 5) is 0. The van der Waals surface area contributed by atoms with E-state index in [1.54, 1.807) is 0 Å². The Balaban J connectivity index is 1.50. The Morgan fingerprint density at radius 2 is 1.55 bits per heavy atom. The largest absolute Gasteiger partial charge is 0.173 e. The van der Waals surface area contributed by atoms with E-state index in [-0.39, 0.29) is 0 Å². The minimum Gasteiger partial charge on any atom is -0.173 e. The Labute approximate surface area is 177 Å². The first-order valence-electron chi connectivity index (χ1n) is 10.2. The van der Waals surface area contributed by atoms with E-state index in [0.717, 1.165) is 34.1 Å². The van der Waals surface area contributed by atoms with Crippen molar-refractivity contribution in [2.75, 3.05) is 0 Å². The molecule has 0 atom stereocenters. The predicted molar refractivity (Wildman–Crippen MR) is 123 cm³/mol. The molecule has 2 nitrogen and oxygen atoms in total. The third-order valence-corrected chi connectivity index (χ3v) is 5.73. The lowest BCUT2D eigenvalue weighted by Gasteiger charge is -2.05. The van der Waals surface area contributed by atoms with Gasteiger partial charge in [0.15, 0.2) is 0 Å². The fraction of sp³-hybridized carbons (Fsp3) is 0.231. The summed E-state index contributed by atoms with van der Waals surface area (Å²) in [5.41, 5.74) is 8.96. The van der Waals surface area contributed by atoms with Gasteiger partial charge in [-0.05, 0) is 72.4 Å². The van der Waals surface area contributed by atoms with Crippen molar-refractivity contribution in [1.29, 1.82) is 0 Å². The van der Waals surface area contributed by atoms with E-state index in [2.05, 4.69) is 89.0 Å². The molecule has 0 bridgehead atoms. The van der Waals surface area contributed by atoms with Crippen LogP contribution in [0.3, 0.4) is 0 Å². The molecule has 1 heterocycles. The molecular weight excluding hydrogens is 372 g/mol. The fourth-order valence-electron chi connectivity index (χ4n) is 3.42. The second kappa shape index (κ2) is 9.03. The Hall–Kier alpha value is -2.96. The van der Waals surface area contributed by atoms with E-state index in [4.69, 9.17) is 0 Å². The maximum atomic E-state index is 4.34. The van der Waals surface area contributed by atoms with Crippen LogP contribution < -0.4 is 0 Å². The Kier molecular flexibility index (Phi) is 6.03. The minimum atomic E-state index is 0.951. The van der Waals surface area contributed by atoms with Gasteiger partial charge in [-0.2, -0.15) is 8.75 Å². The summed E-state index contributed by atoms with van der Waals surface area (Å²) in [6.07, 6.45) is 4.98. The van der Waals surface area contributed by atoms with Crippen molar-refractivity contribution in [3.8, 4) is 23.0 Å². The van der Waals surface area contributed by atoms with Crippen molar-refractivity contribution in [2.24, 2.45) is 0 Å². The van der Waals surface area contributed by atoms with Gasteiger partial charge in [0.1, 0.15) is 11.0 Å². The molecule has 0 fully saturated rings. The third-order valence-electron chi connectivity index (χ3n) is 5.18. The molecule has 0 unspecified atom stereocenters. The maximum Gasteiger partial charge on any atom is 0.105 e. The van der Waals surface area contributed by atoms with Gasteiger partial charge >= 0.3 is 0 Å². The second-order valence-corrected chi connectivity index (χ2v) is 7.93. The highest BCUT2D eigenvalue weighted by Crippen LogP contribution is 2.25. The SMILES string of the molecule is CCCCCc1ccc(C#Cc2ccc(-c3ccc4nsnc4c3)cc2C)cc1. The highest BCUT2D eigenvalue weighted by atomic mass is 32.1. The van der Waals surface area contributed by atoms with Crippen LogP contribution in [0.1, 0.15) is 48.4 Å². The van der Waals surface area contributed by atoms with Crippen molar-refractivity contribution in [3.05, 3.63) is 82.9 Å². The van der Waals surface area contributed by atoms with Crippen LogP contribution in [0.2, 0.25) is 0 Å². The highest BCUT2D eigenvalue weighted by molar-refractivity contribution is 7.00. The second-order valence-electron chi connectivity index (χ2n) is 7.40. The molecule has 0 radical (unpaired) electrons. The number of aromatic nitrogens is 2. The number of benzene rings is 3. The number of aryl methyl sites for hydroxylation is 2. The number of unbranched alkanes of at least 4 members (excludes halogenated alkanes) is 2. The Bertz CT molecular complexity index is 1180. The summed E-state index contributed by atoms with van der Waals surface area (Å²) in [6.45, 7) is 4.36. The van der Waals surface area contributed by atoms with Gasteiger partial charge in [0.05, 0.1) is 11.7 Å². The molecule has 4 aromatic rings. The molecule has 0 aliphatic heterocycles. The molecule has 0 saturated carbocycles. The van der Waals surface area contributed by atoms with Crippen LogP contribution in [0.25, 0.3) is 22.2 Å². The summed E-state index contributed by atoms with van der Waals surface area (Å²) in [5.74, 6) is 6.64. The van der Waals surface area contributed by atoms with Gasteiger partial charge in [-0.3, -0.25) is 0 Å². The van der Waals surface area contributed by atoms with Gasteiger partial charge in [0.2, 0.25) is 0 Å². The quantitative estimate of drug-likeness (QED) is 0.274. The van der Waals surface area contributed by atoms with Gasteiger partial charge in [-0.15, -0.1) is 0 Å². The summed E-state index contributed by atoms with van der Waals surface area (Å²) >= 11 is 1.25. The monoisotopic (exact) mass is 396 g/mol. The normalized spacial score (nSPS) is 10.7. The van der Waals surface area contributed by atoms with Crippen molar-refractivity contribution in [2.45, 2.75) is 39.5 Å². The zero-order valence-electron chi connectivity index (χ0n) is 16.9. The van der Waals surface area contributed by atoms with Gasteiger partial charge in [0.25, 0.3) is 0 Å². The van der Waals surface area contributed by atoms with E-state index in [9.17, 15) is 0 Å². The lowest BCUT2D eigenvalue weighted by atomic mass is 9.99. The first-order chi connectivity index (χ1) is 14.2. The molecule has 29 heavy (non-hydrogen) atoms. The molecule has 0 N–H and O–H groups in total. The topological polar surface area (TPSA) is 25.8 Å². The van der Waals surface area contributed by atoms with E-state index < -0.39 is 0 Å². The number of hydrogen-bond acceptors (Lipinski definition) is 3. The van der Waals surface area contributed by atoms with Crippen LogP contribution in [-0.2, 0) is 6.42 Å². The summed E-state index contributed by atoms with van der Waals surface area (Å²) in [5, 5.41) is 0. The summed E-state index contributed by atoms with van der Waals surface area (Å²) < 4.78 is 8.62. The lowest BCUT2D eigenvalue weighted by molar-refractivity contribution is 0.717. The van der Waals surface area contributed by atoms with Gasteiger partial charge in [0, 0.05) is 11.1 Å². The molecule has 0 aliphatic rings. The third kappa shape index (κ3) is 4.72. The van der Waals surface area contributed by atoms with E-state index >= 15 is 0 Å². The molecule has 3 aromatic carbocycles. The van der Waals surface area contributed by atoms with E-state index in [1.165, 1.54) is 47.7 Å². The number of nitrogens with zero attached hydrogens (tertiary/aromatic N) is 2. The average Bonchev–Trinajstić information content (AvgIpc) is 3.22. The van der Waals surface area contributed by atoms with Gasteiger partial charge in [-0.25, -0.2) is 0 Å². The number of hydrogen-bond donors (Lipinski definition) is 0. The van der Waals surface area contributed by atoms with Gasteiger partial charge in [-0.1, -0.05) is 61.9 Å². The molecule has 0 spiro atoms. The zero-order valence-corrected chi connectivity index (χ0v) is 17.7. The Morgan fingerprint density at radius 3 is 2.34 bits per heavy atom. The molecule has 144 valence electrons. The first kappa shape index (κ1) is 19.4. The van der Waals surface area contributed by atoms with Crippen molar-refractivity contribution < 1.29 is 0 Å². The van der Waals surface area contributed by atoms with Gasteiger partial charge < -0.3 is 0 Å². The zero-order chi connectivity index (χ0) is 20.1. The van der Waals surface area contributed by atoms with Crippen molar-refractivity contribution >= 4 is 22.8 Å². The minimum absolute atomic E-state index is 0.951. The summed E-state index contributed by atoms with van der Waals surface area (Å²) in [7, 11) is 0. The van der Waals surface area contributed by atoms with Crippen LogP contribution >= 0.6 is 11.7 Å². The molecule has 1 aromatic heterocycles. The fourth-order valence-corrected chi connectivity index (χ4v) is 3.94. The smallest absolute Gasteiger partial charge is 0.105 e. The molecular formula is C26H24N2S. The molecule has 0 aliphatic carbocycles. The lowest BCUT2D eigenvalue weighted by Crippen LogP contribution is -1.87. The molecule has 0 amide bonds. The van der Waals surface area contributed by atoms with Crippen LogP contribution in [0.4, 0.5) is 0 Å². The summed E-state index contributed by atoms with van der Waals surface area (Å²) in [6, 6.07) is 21.4. The van der Waals surface area contributed by atoms with Crippen LogP contribution in [-0.4, -0.2) is 8.75 Å². The van der Waals surface area contributed by atoms with Crippen molar-refractivity contribution in [3.63, 3.8) is 0 Å². The highest BCUT2D eigenvalue weighted by Gasteiger charge is 2.04. The maximum absolute atomic E-state index is 4.34. The molecule has 4 rings (SSSR count). The van der Waals surface area contributed by atoms with Crippen LogP contribution in [0.5, 0.6) is 0 Å². The number of rotatable bonds is 5. The molecule has 3 heteroatoms. The van der Waals surface area contributed by atoms with Crippen molar-refractivity contribution in [1.82, 2.24) is 8.75 Å². The van der Waals surface area contributed by atoms with Crippen LogP contribution in [0.15, 0.2) is 60.7 Å².